The van der Waals surface area contributed by atoms with E-state index in [4.69, 9.17) is 5.73 Å². The fourth-order valence-electron chi connectivity index (χ4n) is 5.86. The van der Waals surface area contributed by atoms with Crippen LogP contribution in [0.1, 0.15) is 126 Å². The van der Waals surface area contributed by atoms with Crippen LogP contribution in [-0.4, -0.2) is 77.2 Å². The first-order chi connectivity index (χ1) is 24.1. The van der Waals surface area contributed by atoms with Crippen LogP contribution in [0.4, 0.5) is 11.4 Å². The molecule has 1 aromatic carbocycles. The van der Waals surface area contributed by atoms with Crippen molar-refractivity contribution < 1.29 is 14.7 Å². The Hall–Kier alpha value is -3.61. The Kier molecular flexibility index (Phi) is 19.6. The molecular formula is C38H64N8O4. The number of pyridine rings is 1. The number of nitrogens with two attached hydrogens (primary N) is 1. The summed E-state index contributed by atoms with van der Waals surface area (Å²) in [6.45, 7) is 17.9. The number of hydrogen-bond acceptors (Lipinski definition) is 9. The number of carbonyl (C=O) groups is 2. The van der Waals surface area contributed by atoms with Crippen LogP contribution in [0.15, 0.2) is 39.3 Å². The standard InChI is InChI=1S/C38H64N8O4/c1-8-14-21-40-28(11-4)24-45(25-29(12-5)41-22-15-9-2)36(48)31-19-17-18-20-32(31)43-44-34-27(7)33(35(39)47)37(49)46(38(34)50)26-30(13-6)42-23-16-10-3/h17-20,28-30,40-42,50H,8-16,21-26H2,1-7H3,(H2,39,47)/b44-43+. The zero-order valence-electron chi connectivity index (χ0n) is 31.7. The number of unbranched alkanes of at least 4 members (excludes halogenated alkanes) is 3. The van der Waals surface area contributed by atoms with E-state index in [1.54, 1.807) is 24.3 Å². The van der Waals surface area contributed by atoms with Crippen LogP contribution < -0.4 is 27.2 Å². The van der Waals surface area contributed by atoms with E-state index in [0.29, 0.717) is 30.8 Å². The van der Waals surface area contributed by atoms with Gasteiger partial charge in [-0.15, -0.1) is 10.2 Å². The second kappa shape index (κ2) is 23.0. The fourth-order valence-corrected chi connectivity index (χ4v) is 5.86. The minimum absolute atomic E-state index is 0.0433. The van der Waals surface area contributed by atoms with Crippen molar-refractivity contribution >= 4 is 23.2 Å². The first kappa shape index (κ1) is 42.6. The van der Waals surface area contributed by atoms with Gasteiger partial charge in [0.25, 0.3) is 17.4 Å². The van der Waals surface area contributed by atoms with Gasteiger partial charge in [0.1, 0.15) is 11.3 Å². The van der Waals surface area contributed by atoms with Gasteiger partial charge >= 0.3 is 0 Å². The Morgan fingerprint density at radius 3 is 1.80 bits per heavy atom. The van der Waals surface area contributed by atoms with E-state index < -0.39 is 17.3 Å². The zero-order chi connectivity index (χ0) is 37.1. The summed E-state index contributed by atoms with van der Waals surface area (Å²) in [5, 5.41) is 30.9. The van der Waals surface area contributed by atoms with Crippen molar-refractivity contribution in [3.8, 4) is 5.88 Å². The van der Waals surface area contributed by atoms with Crippen molar-refractivity contribution in [1.29, 1.82) is 0 Å². The number of rotatable bonds is 25. The van der Waals surface area contributed by atoms with E-state index in [-0.39, 0.29) is 47.4 Å². The molecule has 0 saturated heterocycles. The average molecular weight is 697 g/mol. The molecule has 3 unspecified atom stereocenters. The molecule has 0 aliphatic rings. The minimum Gasteiger partial charge on any atom is -0.493 e. The lowest BCUT2D eigenvalue weighted by Crippen LogP contribution is -2.49. The molecule has 2 amide bonds. The van der Waals surface area contributed by atoms with Gasteiger partial charge in [-0.2, -0.15) is 0 Å². The van der Waals surface area contributed by atoms with Gasteiger partial charge in [-0.3, -0.25) is 19.0 Å². The highest BCUT2D eigenvalue weighted by molar-refractivity contribution is 5.99. The molecule has 50 heavy (non-hydrogen) atoms. The van der Waals surface area contributed by atoms with Crippen molar-refractivity contribution in [2.24, 2.45) is 16.0 Å². The number of hydrogen-bond donors (Lipinski definition) is 5. The third-order valence-electron chi connectivity index (χ3n) is 9.24. The number of nitrogens with one attached hydrogen (secondary N) is 3. The van der Waals surface area contributed by atoms with Crippen LogP contribution in [0.5, 0.6) is 5.88 Å². The molecule has 0 fully saturated rings. The van der Waals surface area contributed by atoms with Gasteiger partial charge in [0.2, 0.25) is 5.88 Å². The number of aromatic hydroxyl groups is 1. The van der Waals surface area contributed by atoms with Gasteiger partial charge in [-0.25, -0.2) is 0 Å². The normalized spacial score (nSPS) is 13.4. The van der Waals surface area contributed by atoms with Gasteiger partial charge in [-0.05, 0) is 77.2 Å². The van der Waals surface area contributed by atoms with Crippen molar-refractivity contribution in [2.45, 2.75) is 131 Å². The largest absolute Gasteiger partial charge is 0.493 e. The van der Waals surface area contributed by atoms with E-state index >= 15 is 0 Å². The SMILES string of the molecule is CCCCNC(CC)CN(CC(CC)NCCCC)C(=O)c1ccccc1/N=N/c1c(C)c(C(N)=O)c(=O)n(CC(CC)NCCCC)c1O. The smallest absolute Gasteiger partial charge is 0.266 e. The van der Waals surface area contributed by atoms with Crippen LogP contribution in [0.3, 0.4) is 0 Å². The molecule has 0 aliphatic carbocycles. The third-order valence-corrected chi connectivity index (χ3v) is 9.24. The Bertz CT molecular complexity index is 1410. The van der Waals surface area contributed by atoms with Crippen LogP contribution in [0.25, 0.3) is 0 Å². The number of aromatic nitrogens is 1. The van der Waals surface area contributed by atoms with Crippen molar-refractivity contribution in [3.05, 3.63) is 51.3 Å². The number of nitrogens with zero attached hydrogens (tertiary/aromatic N) is 4. The van der Waals surface area contributed by atoms with Gasteiger partial charge in [-0.1, -0.05) is 72.9 Å². The first-order valence-electron chi connectivity index (χ1n) is 18.8. The summed E-state index contributed by atoms with van der Waals surface area (Å²) in [5.74, 6) is -1.49. The summed E-state index contributed by atoms with van der Waals surface area (Å²) >= 11 is 0. The van der Waals surface area contributed by atoms with Crippen LogP contribution >= 0.6 is 0 Å². The number of amides is 2. The van der Waals surface area contributed by atoms with Crippen molar-refractivity contribution in [3.63, 3.8) is 0 Å². The quantitative estimate of drug-likeness (QED) is 0.0598. The van der Waals surface area contributed by atoms with E-state index in [1.165, 1.54) is 6.92 Å². The second-order valence-electron chi connectivity index (χ2n) is 13.1. The maximum absolute atomic E-state index is 14.4. The molecule has 0 spiro atoms. The van der Waals surface area contributed by atoms with E-state index in [2.05, 4.69) is 60.8 Å². The van der Waals surface area contributed by atoms with E-state index in [9.17, 15) is 19.5 Å². The Morgan fingerprint density at radius 1 is 0.820 bits per heavy atom. The van der Waals surface area contributed by atoms with Gasteiger partial charge in [0.15, 0.2) is 0 Å². The van der Waals surface area contributed by atoms with Crippen LogP contribution in [0.2, 0.25) is 0 Å². The molecule has 0 radical (unpaired) electrons. The zero-order valence-corrected chi connectivity index (χ0v) is 31.7. The molecule has 0 saturated carbocycles. The highest BCUT2D eigenvalue weighted by Crippen LogP contribution is 2.33. The molecule has 1 heterocycles. The summed E-state index contributed by atoms with van der Waals surface area (Å²) in [7, 11) is 0. The molecule has 0 aliphatic heterocycles. The number of primary amides is 1. The van der Waals surface area contributed by atoms with Crippen LogP contribution in [0, 0.1) is 6.92 Å². The lowest BCUT2D eigenvalue weighted by Gasteiger charge is -2.32. The van der Waals surface area contributed by atoms with Gasteiger partial charge < -0.3 is 31.7 Å². The fraction of sp³-hybridized carbons (Fsp3) is 0.658. The summed E-state index contributed by atoms with van der Waals surface area (Å²) < 4.78 is 1.14. The lowest BCUT2D eigenvalue weighted by molar-refractivity contribution is 0.0718. The number of azo groups is 1. The monoisotopic (exact) mass is 697 g/mol. The molecule has 6 N–H and O–H groups in total. The third kappa shape index (κ3) is 12.6. The maximum Gasteiger partial charge on any atom is 0.266 e. The molecule has 12 heteroatoms. The van der Waals surface area contributed by atoms with Gasteiger partial charge in [0.05, 0.1) is 11.3 Å². The van der Waals surface area contributed by atoms with E-state index in [1.807, 2.05) is 11.8 Å². The number of benzene rings is 1. The molecule has 12 nitrogen and oxygen atoms in total. The Balaban J connectivity index is 2.57. The lowest BCUT2D eigenvalue weighted by atomic mass is 10.1. The topological polar surface area (TPSA) is 166 Å². The Morgan fingerprint density at radius 2 is 1.32 bits per heavy atom. The predicted molar refractivity (Wildman–Crippen MR) is 203 cm³/mol. The molecule has 280 valence electrons. The summed E-state index contributed by atoms with van der Waals surface area (Å²) in [4.78, 5) is 42.2. The highest BCUT2D eigenvalue weighted by atomic mass is 16.3. The highest BCUT2D eigenvalue weighted by Gasteiger charge is 2.26. The molecule has 2 aromatic rings. The number of carbonyl (C=O) groups excluding carboxylic acids is 2. The second-order valence-corrected chi connectivity index (χ2v) is 13.1. The van der Waals surface area contributed by atoms with Crippen LogP contribution in [-0.2, 0) is 6.54 Å². The summed E-state index contributed by atoms with van der Waals surface area (Å²) in [6, 6.07) is 7.13. The molecule has 3 atom stereocenters. The maximum atomic E-state index is 14.4. The molecule has 1 aromatic heterocycles. The Labute approximate surface area is 299 Å². The first-order valence-corrected chi connectivity index (χ1v) is 18.8. The predicted octanol–water partition coefficient (Wildman–Crippen LogP) is 6.32. The van der Waals surface area contributed by atoms with E-state index in [0.717, 1.165) is 75.6 Å². The molecule has 0 bridgehead atoms. The van der Waals surface area contributed by atoms with Gasteiger partial charge in [0, 0.05) is 43.3 Å². The van der Waals surface area contributed by atoms with Crippen molar-refractivity contribution in [1.82, 2.24) is 25.4 Å². The molecular weight excluding hydrogens is 632 g/mol. The summed E-state index contributed by atoms with van der Waals surface area (Å²) in [5.41, 5.74) is 5.51. The van der Waals surface area contributed by atoms with Crippen molar-refractivity contribution in [2.75, 3.05) is 32.7 Å². The average Bonchev–Trinajstić information content (AvgIpc) is 3.10. The minimum atomic E-state index is -0.910. The molecule has 2 rings (SSSR count). The summed E-state index contributed by atoms with van der Waals surface area (Å²) in [6.07, 6.45) is 8.73.